The lowest BCUT2D eigenvalue weighted by Crippen LogP contribution is -2.45. The van der Waals surface area contributed by atoms with E-state index in [0.717, 1.165) is 18.4 Å². The van der Waals surface area contributed by atoms with Crippen molar-refractivity contribution >= 4 is 0 Å². The van der Waals surface area contributed by atoms with Crippen molar-refractivity contribution in [3.63, 3.8) is 0 Å². The molecule has 1 unspecified atom stereocenters. The van der Waals surface area contributed by atoms with Crippen molar-refractivity contribution in [1.29, 1.82) is 0 Å². The maximum absolute atomic E-state index is 10.3. The molecule has 0 bridgehead atoms. The van der Waals surface area contributed by atoms with Gasteiger partial charge in [-0.25, -0.2) is 0 Å². The highest BCUT2D eigenvalue weighted by Gasteiger charge is 2.36. The third kappa shape index (κ3) is 2.44. The topological polar surface area (TPSA) is 58.3 Å². The third-order valence-corrected chi connectivity index (χ3v) is 3.53. The summed E-state index contributed by atoms with van der Waals surface area (Å²) in [6, 6.07) is 0. The summed E-state index contributed by atoms with van der Waals surface area (Å²) in [5, 5.41) is 24.5. The predicted octanol–water partition coefficient (Wildman–Crippen LogP) is 1.02. The highest BCUT2D eigenvalue weighted by molar-refractivity contribution is 5.07. The van der Waals surface area contributed by atoms with Crippen molar-refractivity contribution in [1.82, 2.24) is 9.78 Å². The van der Waals surface area contributed by atoms with Crippen LogP contribution in [0.3, 0.4) is 0 Å². The van der Waals surface area contributed by atoms with Crippen LogP contribution >= 0.6 is 0 Å². The van der Waals surface area contributed by atoms with Crippen LogP contribution in [-0.2, 0) is 13.5 Å². The van der Waals surface area contributed by atoms with Gasteiger partial charge in [0, 0.05) is 19.7 Å². The average Bonchev–Trinajstić information content (AvgIpc) is 2.65. The molecule has 4 nitrogen and oxygen atoms in total. The molecule has 1 aliphatic carbocycles. The molecule has 0 saturated heterocycles. The molecule has 1 aliphatic rings. The summed E-state index contributed by atoms with van der Waals surface area (Å²) in [5.74, 6) is 0. The Bertz CT molecular complexity index is 343. The summed E-state index contributed by atoms with van der Waals surface area (Å²) >= 11 is 0. The summed E-state index contributed by atoms with van der Waals surface area (Å²) in [4.78, 5) is 0. The first-order valence-corrected chi connectivity index (χ1v) is 5.98. The van der Waals surface area contributed by atoms with Gasteiger partial charge in [0.2, 0.25) is 0 Å². The fraction of sp³-hybridized carbons (Fsp3) is 0.750. The monoisotopic (exact) mass is 224 g/mol. The first-order valence-electron chi connectivity index (χ1n) is 5.98. The summed E-state index contributed by atoms with van der Waals surface area (Å²) in [5.41, 5.74) is 0.0997. The van der Waals surface area contributed by atoms with Crippen LogP contribution in [-0.4, -0.2) is 31.7 Å². The lowest BCUT2D eigenvalue weighted by Gasteiger charge is -2.36. The molecule has 0 aromatic carbocycles. The predicted molar refractivity (Wildman–Crippen MR) is 61.0 cm³/mol. The normalized spacial score (nSPS) is 21.9. The molecule has 1 aromatic rings. The fourth-order valence-corrected chi connectivity index (χ4v) is 2.49. The highest BCUT2D eigenvalue weighted by Crippen LogP contribution is 2.32. The van der Waals surface area contributed by atoms with Crippen LogP contribution in [0.1, 0.15) is 37.7 Å². The lowest BCUT2D eigenvalue weighted by atomic mass is 9.79. The number of nitrogens with zero attached hydrogens (tertiary/aromatic N) is 2. The van der Waals surface area contributed by atoms with E-state index < -0.39 is 11.7 Å². The van der Waals surface area contributed by atoms with Crippen molar-refractivity contribution < 1.29 is 10.2 Å². The van der Waals surface area contributed by atoms with Gasteiger partial charge in [0.15, 0.2) is 0 Å². The van der Waals surface area contributed by atoms with Crippen molar-refractivity contribution in [3.05, 3.63) is 18.0 Å². The molecule has 0 amide bonds. The Morgan fingerprint density at radius 1 is 1.44 bits per heavy atom. The van der Waals surface area contributed by atoms with Gasteiger partial charge in [-0.1, -0.05) is 19.3 Å². The summed E-state index contributed by atoms with van der Waals surface area (Å²) < 4.78 is 1.72. The Morgan fingerprint density at radius 3 is 2.69 bits per heavy atom. The Labute approximate surface area is 95.9 Å². The number of hydrogen-bond acceptors (Lipinski definition) is 3. The van der Waals surface area contributed by atoms with Crippen LogP contribution in [0.4, 0.5) is 0 Å². The smallest absolute Gasteiger partial charge is 0.0908 e. The molecule has 2 N–H and O–H groups in total. The minimum atomic E-state index is -0.881. The number of aliphatic hydroxyl groups is 2. The van der Waals surface area contributed by atoms with Gasteiger partial charge in [-0.3, -0.25) is 4.68 Å². The van der Waals surface area contributed by atoms with Crippen LogP contribution in [0.2, 0.25) is 0 Å². The largest absolute Gasteiger partial charge is 0.390 e. The molecule has 0 radical (unpaired) electrons. The first-order chi connectivity index (χ1) is 7.60. The Morgan fingerprint density at radius 2 is 2.12 bits per heavy atom. The van der Waals surface area contributed by atoms with Crippen LogP contribution in [0.25, 0.3) is 0 Å². The average molecular weight is 224 g/mol. The van der Waals surface area contributed by atoms with Crippen LogP contribution in [0, 0.1) is 0 Å². The number of aliphatic hydroxyl groups excluding tert-OH is 1. The first kappa shape index (κ1) is 11.6. The van der Waals surface area contributed by atoms with Crippen LogP contribution in [0.15, 0.2) is 12.4 Å². The second kappa shape index (κ2) is 4.55. The minimum Gasteiger partial charge on any atom is -0.390 e. The molecule has 90 valence electrons. The SMILES string of the molecule is Cn1cc(CC(O)C2(O)CCCCC2)cn1. The van der Waals surface area contributed by atoms with Gasteiger partial charge in [-0.05, 0) is 18.4 Å². The van der Waals surface area contributed by atoms with E-state index in [0.29, 0.717) is 19.3 Å². The molecule has 1 atom stereocenters. The Kier molecular flexibility index (Phi) is 3.30. The summed E-state index contributed by atoms with van der Waals surface area (Å²) in [6.07, 6.45) is 8.08. The zero-order valence-electron chi connectivity index (χ0n) is 9.76. The second-order valence-corrected chi connectivity index (χ2v) is 4.91. The third-order valence-electron chi connectivity index (χ3n) is 3.53. The van der Waals surface area contributed by atoms with Crippen molar-refractivity contribution in [2.75, 3.05) is 0 Å². The highest BCUT2D eigenvalue weighted by atomic mass is 16.3. The molecular weight excluding hydrogens is 204 g/mol. The van der Waals surface area contributed by atoms with E-state index >= 15 is 0 Å². The Hall–Kier alpha value is -0.870. The molecular formula is C12H20N2O2. The Balaban J connectivity index is 1.98. The summed E-state index contributed by atoms with van der Waals surface area (Å²) in [6.45, 7) is 0. The van der Waals surface area contributed by atoms with Crippen molar-refractivity contribution in [2.24, 2.45) is 7.05 Å². The van der Waals surface area contributed by atoms with Crippen LogP contribution < -0.4 is 0 Å². The molecule has 16 heavy (non-hydrogen) atoms. The van der Waals surface area contributed by atoms with E-state index in [9.17, 15) is 10.2 Å². The van der Waals surface area contributed by atoms with Gasteiger partial charge in [-0.2, -0.15) is 5.10 Å². The van der Waals surface area contributed by atoms with Gasteiger partial charge < -0.3 is 10.2 Å². The number of hydrogen-bond donors (Lipinski definition) is 2. The molecule has 1 fully saturated rings. The number of aryl methyl sites for hydroxylation is 1. The fourth-order valence-electron chi connectivity index (χ4n) is 2.49. The van der Waals surface area contributed by atoms with E-state index in [2.05, 4.69) is 5.10 Å². The second-order valence-electron chi connectivity index (χ2n) is 4.91. The minimum absolute atomic E-state index is 0.490. The lowest BCUT2D eigenvalue weighted by molar-refractivity contribution is -0.0960. The maximum atomic E-state index is 10.3. The van der Waals surface area contributed by atoms with Gasteiger partial charge in [0.25, 0.3) is 0 Å². The van der Waals surface area contributed by atoms with E-state index in [4.69, 9.17) is 0 Å². The summed E-state index contributed by atoms with van der Waals surface area (Å²) in [7, 11) is 1.85. The molecule has 4 heteroatoms. The van der Waals surface area contributed by atoms with Gasteiger partial charge >= 0.3 is 0 Å². The van der Waals surface area contributed by atoms with E-state index in [-0.39, 0.29) is 0 Å². The van der Waals surface area contributed by atoms with Crippen LogP contribution in [0.5, 0.6) is 0 Å². The number of rotatable bonds is 3. The standard InChI is InChI=1S/C12H20N2O2/c1-14-9-10(8-13-14)7-11(15)12(16)5-3-2-4-6-12/h8-9,11,15-16H,2-7H2,1H3. The van der Waals surface area contributed by atoms with Crippen molar-refractivity contribution in [2.45, 2.75) is 50.2 Å². The molecule has 1 aromatic heterocycles. The van der Waals surface area contributed by atoms with Gasteiger partial charge in [-0.15, -0.1) is 0 Å². The zero-order valence-corrected chi connectivity index (χ0v) is 9.76. The van der Waals surface area contributed by atoms with Crippen molar-refractivity contribution in [3.8, 4) is 0 Å². The number of aromatic nitrogens is 2. The maximum Gasteiger partial charge on any atom is 0.0908 e. The van der Waals surface area contributed by atoms with Gasteiger partial charge in [0.05, 0.1) is 17.9 Å². The van der Waals surface area contributed by atoms with E-state index in [1.807, 2.05) is 13.2 Å². The molecule has 1 saturated carbocycles. The zero-order chi connectivity index (χ0) is 11.6. The van der Waals surface area contributed by atoms with Gasteiger partial charge in [0.1, 0.15) is 0 Å². The van der Waals surface area contributed by atoms with E-state index in [1.54, 1.807) is 10.9 Å². The molecule has 2 rings (SSSR count). The molecule has 1 heterocycles. The van der Waals surface area contributed by atoms with E-state index in [1.165, 1.54) is 6.42 Å². The molecule has 0 spiro atoms. The molecule has 0 aliphatic heterocycles. The quantitative estimate of drug-likeness (QED) is 0.806.